The number of methoxy groups -OCH3 is 1. The number of hydrogen-bond acceptors (Lipinski definition) is 13. The molecule has 1 saturated heterocycles. The third-order valence-corrected chi connectivity index (χ3v) is 12.8. The van der Waals surface area contributed by atoms with E-state index in [4.69, 9.17) is 25.1 Å². The van der Waals surface area contributed by atoms with Gasteiger partial charge in [0.1, 0.15) is 0 Å². The molecule has 1 aliphatic heterocycles. The van der Waals surface area contributed by atoms with E-state index in [0.717, 1.165) is 40.5 Å². The van der Waals surface area contributed by atoms with Crippen molar-refractivity contribution in [3.05, 3.63) is 93.4 Å². The zero-order valence-electron chi connectivity index (χ0n) is 33.4. The van der Waals surface area contributed by atoms with Crippen LogP contribution in [0.5, 0.6) is 0 Å². The Labute approximate surface area is 384 Å². The predicted octanol–water partition coefficient (Wildman–Crippen LogP) is 6.98. The van der Waals surface area contributed by atoms with Crippen molar-refractivity contribution in [1.82, 2.24) is 29.5 Å². The van der Waals surface area contributed by atoms with E-state index in [2.05, 4.69) is 120 Å². The van der Waals surface area contributed by atoms with Gasteiger partial charge >= 0.3 is 30.8 Å². The van der Waals surface area contributed by atoms with Crippen molar-refractivity contribution in [2.75, 3.05) is 25.2 Å². The number of esters is 1. The van der Waals surface area contributed by atoms with Crippen LogP contribution in [-0.4, -0.2) is 93.9 Å². The van der Waals surface area contributed by atoms with E-state index in [1.165, 1.54) is 85.7 Å². The Kier molecular flexibility index (Phi) is 19.6. The number of thioether (sulfide) groups is 2. The maximum absolute atomic E-state index is 11.5. The van der Waals surface area contributed by atoms with Gasteiger partial charge in [0.05, 0.1) is 36.1 Å². The van der Waals surface area contributed by atoms with Gasteiger partial charge in [0.25, 0.3) is 0 Å². The second kappa shape index (κ2) is 23.8. The molecule has 14 nitrogen and oxygen atoms in total. The van der Waals surface area contributed by atoms with Crippen LogP contribution >= 0.6 is 55.4 Å². The van der Waals surface area contributed by atoms with Gasteiger partial charge in [-0.25, -0.2) is 0 Å². The van der Waals surface area contributed by atoms with Crippen LogP contribution in [0.3, 0.4) is 0 Å². The molecule has 0 bridgehead atoms. The number of carbonyl (C=O) groups is 2. The van der Waals surface area contributed by atoms with E-state index < -0.39 is 5.97 Å². The molecule has 60 heavy (non-hydrogen) atoms. The third kappa shape index (κ3) is 12.2. The molecule has 1 unspecified atom stereocenters. The molecular weight excluding hydrogens is 935 g/mol. The molecule has 2 saturated carbocycles. The molecule has 0 amide bonds. The summed E-state index contributed by atoms with van der Waals surface area (Å²) in [6.45, 7) is 3.18. The van der Waals surface area contributed by atoms with Crippen molar-refractivity contribution in [3.63, 3.8) is 0 Å². The predicted molar refractivity (Wildman–Crippen MR) is 235 cm³/mol. The number of aliphatic carboxylic acids is 1. The summed E-state index contributed by atoms with van der Waals surface area (Å²) in [7, 11) is 1.38. The number of nitrogens with zero attached hydrogens (tertiary/aromatic N) is 6. The topological polar surface area (TPSA) is 205 Å². The maximum Gasteiger partial charge on any atom is 1.00 e. The number of ether oxygens (including phenoxy) is 2. The van der Waals surface area contributed by atoms with Crippen molar-refractivity contribution >= 4 is 88.9 Å². The molecule has 2 aliphatic carbocycles. The van der Waals surface area contributed by atoms with Gasteiger partial charge in [0, 0.05) is 17.4 Å². The van der Waals surface area contributed by atoms with E-state index in [1.54, 1.807) is 0 Å². The number of carboxylic acid groups (broad SMARTS) is 1. The molecule has 3 fully saturated rings. The summed E-state index contributed by atoms with van der Waals surface area (Å²) < 4.78 is 15.0. The second-order valence-corrected chi connectivity index (χ2v) is 17.1. The average molecular weight is 981 g/mol. The fourth-order valence-corrected chi connectivity index (χ4v) is 9.45. The van der Waals surface area contributed by atoms with E-state index in [1.807, 2.05) is 21.3 Å². The minimum atomic E-state index is -0.875. The molecule has 314 valence electrons. The number of halogens is 2. The van der Waals surface area contributed by atoms with Crippen LogP contribution in [-0.2, 0) is 19.1 Å². The number of hydrogen-bond donors (Lipinski definition) is 3. The first-order valence-corrected chi connectivity index (χ1v) is 22.4. The fourth-order valence-electron chi connectivity index (χ4n) is 6.90. The van der Waals surface area contributed by atoms with Crippen molar-refractivity contribution in [2.45, 2.75) is 80.1 Å². The summed E-state index contributed by atoms with van der Waals surface area (Å²) in [6.07, 6.45) is 9.38. The summed E-state index contributed by atoms with van der Waals surface area (Å²) in [5.41, 5.74) is 4.76. The van der Waals surface area contributed by atoms with Crippen LogP contribution in [0, 0.1) is 0 Å². The van der Waals surface area contributed by atoms with Gasteiger partial charge in [-0.05, 0) is 123 Å². The van der Waals surface area contributed by atoms with E-state index in [9.17, 15) is 9.59 Å². The van der Waals surface area contributed by atoms with Crippen molar-refractivity contribution < 1.29 is 59.0 Å². The maximum atomic E-state index is 11.5. The van der Waals surface area contributed by atoms with Crippen molar-refractivity contribution in [1.29, 1.82) is 0 Å². The normalized spacial score (nSPS) is 15.3. The third-order valence-electron chi connectivity index (χ3n) is 9.92. The minimum absolute atomic E-state index is 0. The van der Waals surface area contributed by atoms with Gasteiger partial charge in [0.15, 0.2) is 10.3 Å². The SMILES string of the molecule is CCC1CCCO1.COC(=O)CSc1nnc(Br)n1-c1cccc2c(C3CC3)cccc12.O=C(O)CSc1nnc(Br)n1-c1cccc2c(C3CC3)cccc12.OO.[Li+].[OH-]. The molecule has 0 radical (unpaired) electrons. The number of carbonyl (C=O) groups excluding carboxylic acids is 1. The minimum Gasteiger partial charge on any atom is -0.870 e. The van der Waals surface area contributed by atoms with Gasteiger partial charge in [-0.15, -0.1) is 20.4 Å². The number of aromatic nitrogens is 6. The van der Waals surface area contributed by atoms with E-state index in [-0.39, 0.29) is 41.8 Å². The summed E-state index contributed by atoms with van der Waals surface area (Å²) >= 11 is 9.39. The molecule has 4 N–H and O–H groups in total. The Morgan fingerprint density at radius 3 is 1.57 bits per heavy atom. The van der Waals surface area contributed by atoms with Gasteiger partial charge in [-0.3, -0.25) is 29.2 Å². The smallest absolute Gasteiger partial charge is 0.870 e. The summed E-state index contributed by atoms with van der Waals surface area (Å²) in [4.78, 5) is 22.3. The van der Waals surface area contributed by atoms with Crippen LogP contribution in [0.1, 0.15) is 74.8 Å². The molecule has 4 aromatic carbocycles. The molecular formula is C41H45Br2LiN6O8S2. The Morgan fingerprint density at radius 2 is 1.18 bits per heavy atom. The van der Waals surface area contributed by atoms with Gasteiger partial charge in [-0.2, -0.15) is 0 Å². The zero-order chi connectivity index (χ0) is 41.2. The average Bonchev–Trinajstić information content (AvgIpc) is 4.16. The summed E-state index contributed by atoms with van der Waals surface area (Å²) in [5.74, 6) is 0.318. The first-order valence-electron chi connectivity index (χ1n) is 18.9. The molecule has 6 aromatic rings. The first-order chi connectivity index (χ1) is 28.3. The van der Waals surface area contributed by atoms with Crippen molar-refractivity contribution in [2.24, 2.45) is 0 Å². The van der Waals surface area contributed by atoms with Crippen LogP contribution < -0.4 is 18.9 Å². The molecule has 9 rings (SSSR count). The van der Waals surface area contributed by atoms with Crippen LogP contribution in [0.15, 0.2) is 92.6 Å². The van der Waals surface area contributed by atoms with Crippen LogP contribution in [0.4, 0.5) is 0 Å². The van der Waals surface area contributed by atoms with Gasteiger partial charge in [-0.1, -0.05) is 91.1 Å². The van der Waals surface area contributed by atoms with E-state index >= 15 is 0 Å². The molecule has 3 heterocycles. The molecule has 3 aliphatic rings. The van der Waals surface area contributed by atoms with Crippen LogP contribution in [0.2, 0.25) is 0 Å². The molecule has 19 heteroatoms. The number of benzene rings is 4. The molecule has 0 spiro atoms. The molecule has 2 aromatic heterocycles. The number of fused-ring (bicyclic) bond motifs is 2. The standard InChI is InChI=1S/C18H16BrN3O2S.C17H14BrN3O2S.C6H12O.Li.H2O2.H2O/c1-24-16(23)10-25-18-21-20-17(19)22(18)15-7-3-5-13-12(11-8-9-11)4-2-6-14(13)15;18-16-19-20-17(24-9-15(22)23)21(16)14-6-2-4-12-11(10-7-8-10)3-1-5-13(12)14;1-2-6-4-3-5-7-6;;1-2;/h2-7,11H,8-10H2,1H3;1-6,10H,7-9H2,(H,22,23);6H,2-5H2,1H3;;1-2H;1H2/q;;;+1;;/p-1. The summed E-state index contributed by atoms with van der Waals surface area (Å²) in [5, 5.41) is 43.4. The Bertz CT molecular complexity index is 2360. The van der Waals surface area contributed by atoms with Crippen LogP contribution in [0.25, 0.3) is 32.9 Å². The Balaban J connectivity index is 0.000000214. The largest absolute Gasteiger partial charge is 1.00 e. The number of rotatable bonds is 11. The fraction of sp³-hybridized carbons (Fsp3) is 0.366. The Hall–Kier alpha value is -3.28. The first kappa shape index (κ1) is 49.4. The Morgan fingerprint density at radius 1 is 0.733 bits per heavy atom. The molecule has 1 atom stereocenters. The van der Waals surface area contributed by atoms with Gasteiger partial charge < -0.3 is 20.1 Å². The zero-order valence-corrected chi connectivity index (χ0v) is 38.2. The van der Waals surface area contributed by atoms with E-state index in [0.29, 0.717) is 37.7 Å². The number of carboxylic acids is 1. The quantitative estimate of drug-likeness (QED) is 0.0394. The van der Waals surface area contributed by atoms with Gasteiger partial charge in [0.2, 0.25) is 9.47 Å². The van der Waals surface area contributed by atoms with Crippen molar-refractivity contribution in [3.8, 4) is 11.4 Å². The monoisotopic (exact) mass is 978 g/mol. The second-order valence-electron chi connectivity index (χ2n) is 13.8. The summed E-state index contributed by atoms with van der Waals surface area (Å²) in [6, 6.07) is 25.3.